The number of rotatable bonds is 3. The Morgan fingerprint density at radius 3 is 1.75 bits per heavy atom. The van der Waals surface area contributed by atoms with Crippen molar-refractivity contribution in [1.29, 1.82) is 0 Å². The molecule has 128 valence electrons. The zero-order valence-corrected chi connectivity index (χ0v) is 16.7. The number of halogens is 6. The first kappa shape index (κ1) is 20.0. The lowest BCUT2D eigenvalue weighted by Gasteiger charge is -2.22. The lowest BCUT2D eigenvalue weighted by Crippen LogP contribution is -2.14. The summed E-state index contributed by atoms with van der Waals surface area (Å²) in [4.78, 5) is 12.6. The summed E-state index contributed by atoms with van der Waals surface area (Å²) in [5.41, 5.74) is 1.08. The zero-order chi connectivity index (χ0) is 18.1. The summed E-state index contributed by atoms with van der Waals surface area (Å²) in [7, 11) is 1.54. The second-order valence-electron chi connectivity index (χ2n) is 4.81. The van der Waals surface area contributed by atoms with Crippen molar-refractivity contribution in [2.24, 2.45) is 0 Å². The minimum atomic E-state index is -1.85. The molecule has 0 aliphatic heterocycles. The fourth-order valence-electron chi connectivity index (χ4n) is 2.08. The van der Waals surface area contributed by atoms with E-state index in [-0.39, 0.29) is 16.9 Å². The lowest BCUT2D eigenvalue weighted by atomic mass is 9.99. The first-order chi connectivity index (χ1) is 11.0. The van der Waals surface area contributed by atoms with E-state index in [2.05, 4.69) is 0 Å². The van der Waals surface area contributed by atoms with Crippen molar-refractivity contribution in [1.82, 2.24) is 0 Å². The van der Waals surface area contributed by atoms with Crippen LogP contribution in [0.2, 0.25) is 0 Å². The van der Waals surface area contributed by atoms with Gasteiger partial charge >= 0.3 is 0 Å². The molecule has 0 N–H and O–H groups in total. The largest absolute Gasteiger partial charge is 0.497 e. The molecule has 0 aliphatic rings. The summed E-state index contributed by atoms with van der Waals surface area (Å²) in [5.74, 6) is 0.379. The van der Waals surface area contributed by atoms with Crippen molar-refractivity contribution >= 4 is 75.4 Å². The van der Waals surface area contributed by atoms with E-state index in [0.29, 0.717) is 16.9 Å². The highest BCUT2D eigenvalue weighted by molar-refractivity contribution is 6.69. The van der Waals surface area contributed by atoms with E-state index in [4.69, 9.17) is 74.3 Å². The number of alkyl halides is 6. The van der Waals surface area contributed by atoms with Gasteiger partial charge in [0.2, 0.25) is 7.59 Å². The average Bonchev–Trinajstić information content (AvgIpc) is 2.52. The molecule has 0 aliphatic carbocycles. The average molecular weight is 447 g/mol. The molecule has 0 bridgehead atoms. The van der Waals surface area contributed by atoms with Crippen molar-refractivity contribution in [3.05, 3.63) is 64.7 Å². The molecule has 24 heavy (non-hydrogen) atoms. The molecule has 0 unspecified atom stereocenters. The Morgan fingerprint density at radius 1 is 0.792 bits per heavy atom. The Balaban J connectivity index is 2.49. The number of hydrogen-bond acceptors (Lipinski definition) is 2. The highest BCUT2D eigenvalue weighted by Crippen LogP contribution is 2.48. The number of carbonyl (C=O) groups is 1. The van der Waals surface area contributed by atoms with E-state index in [9.17, 15) is 4.79 Å². The number of ether oxygens (including phenoxy) is 1. The van der Waals surface area contributed by atoms with Gasteiger partial charge in [0, 0.05) is 22.3 Å². The maximum absolute atomic E-state index is 12.6. The normalized spacial score (nSPS) is 12.1. The maximum atomic E-state index is 12.6. The van der Waals surface area contributed by atoms with Gasteiger partial charge in [-0.05, 0) is 30.3 Å². The van der Waals surface area contributed by atoms with Gasteiger partial charge < -0.3 is 4.74 Å². The molecule has 0 fully saturated rings. The number of benzene rings is 2. The van der Waals surface area contributed by atoms with Gasteiger partial charge in [-0.3, -0.25) is 4.79 Å². The van der Waals surface area contributed by atoms with Gasteiger partial charge in [0.25, 0.3) is 0 Å². The zero-order valence-electron chi connectivity index (χ0n) is 12.1. The first-order valence-electron chi connectivity index (χ1n) is 6.51. The maximum Gasteiger partial charge on any atom is 0.216 e. The van der Waals surface area contributed by atoms with Crippen molar-refractivity contribution in [2.45, 2.75) is 7.59 Å². The molecule has 0 saturated heterocycles. The van der Waals surface area contributed by atoms with Gasteiger partial charge in [-0.1, -0.05) is 81.7 Å². The van der Waals surface area contributed by atoms with E-state index >= 15 is 0 Å². The van der Waals surface area contributed by atoms with Crippen LogP contribution >= 0.6 is 69.6 Å². The standard InChI is InChI=1S/C16H10Cl6O2/c1-24-11-5-2-9(3-6-11)14(23)10-4-7-12(15(17,18)19)13(8-10)16(20,21)22/h2-8H,1H3. The molecule has 0 radical (unpaired) electrons. The quantitative estimate of drug-likeness (QED) is 0.393. The van der Waals surface area contributed by atoms with Crippen LogP contribution in [0.5, 0.6) is 5.75 Å². The van der Waals surface area contributed by atoms with E-state index < -0.39 is 7.59 Å². The molecule has 0 atom stereocenters. The van der Waals surface area contributed by atoms with Gasteiger partial charge in [0.15, 0.2) is 5.78 Å². The summed E-state index contributed by atoms with van der Waals surface area (Å²) in [5, 5.41) is 0. The van der Waals surface area contributed by atoms with E-state index in [1.54, 1.807) is 31.4 Å². The van der Waals surface area contributed by atoms with E-state index in [1.807, 2.05) is 0 Å². The minimum Gasteiger partial charge on any atom is -0.497 e. The SMILES string of the molecule is COc1ccc(C(=O)c2ccc(C(Cl)(Cl)Cl)c(C(Cl)(Cl)Cl)c2)cc1. The molecular weight excluding hydrogens is 437 g/mol. The van der Waals surface area contributed by atoms with Crippen molar-refractivity contribution in [2.75, 3.05) is 7.11 Å². The summed E-state index contributed by atoms with van der Waals surface area (Å²) in [6.07, 6.45) is 0. The van der Waals surface area contributed by atoms with Crippen LogP contribution in [-0.4, -0.2) is 12.9 Å². The van der Waals surface area contributed by atoms with Crippen molar-refractivity contribution in [3.8, 4) is 5.75 Å². The Bertz CT molecular complexity index is 745. The van der Waals surface area contributed by atoms with Crippen LogP contribution in [0.4, 0.5) is 0 Å². The van der Waals surface area contributed by atoms with Gasteiger partial charge in [0.05, 0.1) is 7.11 Å². The summed E-state index contributed by atoms with van der Waals surface area (Å²) in [6, 6.07) is 11.0. The number of ketones is 1. The molecule has 2 nitrogen and oxygen atoms in total. The third-order valence-corrected chi connectivity index (χ3v) is 4.47. The van der Waals surface area contributed by atoms with Crippen LogP contribution in [0.3, 0.4) is 0 Å². The van der Waals surface area contributed by atoms with Crippen LogP contribution in [0.25, 0.3) is 0 Å². The third-order valence-electron chi connectivity index (χ3n) is 3.24. The van der Waals surface area contributed by atoms with Crippen molar-refractivity contribution in [3.63, 3.8) is 0 Å². The first-order valence-corrected chi connectivity index (χ1v) is 8.78. The predicted octanol–water partition coefficient (Wildman–Crippen LogP) is 6.58. The van der Waals surface area contributed by atoms with Gasteiger partial charge in [-0.15, -0.1) is 0 Å². The van der Waals surface area contributed by atoms with Gasteiger partial charge in [-0.2, -0.15) is 0 Å². The summed E-state index contributed by atoms with van der Waals surface area (Å²) >= 11 is 35.6. The Kier molecular flexibility index (Phi) is 6.23. The van der Waals surface area contributed by atoms with Crippen LogP contribution in [0, 0.1) is 0 Å². The molecule has 2 aromatic carbocycles. The van der Waals surface area contributed by atoms with E-state index in [1.165, 1.54) is 18.2 Å². The molecular formula is C16H10Cl6O2. The second kappa shape index (κ2) is 7.49. The number of carbonyl (C=O) groups excluding carboxylic acids is 1. The second-order valence-corrected chi connectivity index (χ2v) is 9.38. The van der Waals surface area contributed by atoms with Crippen LogP contribution in [0.15, 0.2) is 42.5 Å². The fourth-order valence-corrected chi connectivity index (χ4v) is 3.04. The highest BCUT2D eigenvalue weighted by Gasteiger charge is 2.35. The molecule has 8 heteroatoms. The summed E-state index contributed by atoms with van der Waals surface area (Å²) in [6.45, 7) is 0. The molecule has 0 spiro atoms. The number of methoxy groups -OCH3 is 1. The molecule has 2 aromatic rings. The smallest absolute Gasteiger partial charge is 0.216 e. The van der Waals surface area contributed by atoms with Gasteiger partial charge in [-0.25, -0.2) is 0 Å². The predicted molar refractivity (Wildman–Crippen MR) is 101 cm³/mol. The Hall–Kier alpha value is -0.350. The summed E-state index contributed by atoms with van der Waals surface area (Å²) < 4.78 is 1.42. The molecule has 0 heterocycles. The molecule has 0 aromatic heterocycles. The van der Waals surface area contributed by atoms with E-state index in [0.717, 1.165) is 0 Å². The van der Waals surface area contributed by atoms with Crippen LogP contribution in [0.1, 0.15) is 27.0 Å². The molecule has 0 amide bonds. The highest BCUT2D eigenvalue weighted by atomic mass is 35.6. The minimum absolute atomic E-state index is 0.131. The topological polar surface area (TPSA) is 26.3 Å². The van der Waals surface area contributed by atoms with Crippen LogP contribution in [-0.2, 0) is 7.59 Å². The monoisotopic (exact) mass is 444 g/mol. The van der Waals surface area contributed by atoms with Gasteiger partial charge in [0.1, 0.15) is 5.75 Å². The van der Waals surface area contributed by atoms with Crippen molar-refractivity contribution < 1.29 is 9.53 Å². The lowest BCUT2D eigenvalue weighted by molar-refractivity contribution is 0.103. The third kappa shape index (κ3) is 4.63. The molecule has 2 rings (SSSR count). The fraction of sp³-hybridized carbons (Fsp3) is 0.188. The Morgan fingerprint density at radius 2 is 1.29 bits per heavy atom. The van der Waals surface area contributed by atoms with Crippen LogP contribution < -0.4 is 4.74 Å². The number of hydrogen-bond donors (Lipinski definition) is 0. The molecule has 0 saturated carbocycles. The Labute approximate surface area is 169 Å².